The molecule has 6 heteroatoms. The van der Waals surface area contributed by atoms with Crippen molar-refractivity contribution in [3.05, 3.63) is 22.2 Å². The fourth-order valence-electron chi connectivity index (χ4n) is 2.27. The summed E-state index contributed by atoms with van der Waals surface area (Å²) in [7, 11) is 3.27. The van der Waals surface area contributed by atoms with Crippen LogP contribution in [0.1, 0.15) is 18.9 Å². The van der Waals surface area contributed by atoms with Gasteiger partial charge in [0.15, 0.2) is 17.8 Å². The molecule has 0 spiro atoms. The van der Waals surface area contributed by atoms with Gasteiger partial charge in [0, 0.05) is 27.2 Å². The lowest BCUT2D eigenvalue weighted by Crippen LogP contribution is -2.39. The lowest BCUT2D eigenvalue weighted by molar-refractivity contribution is -0.119. The second-order valence-electron chi connectivity index (χ2n) is 4.96. The van der Waals surface area contributed by atoms with Gasteiger partial charge in [-0.15, -0.1) is 0 Å². The fourth-order valence-corrected chi connectivity index (χ4v) is 2.87. The molecular formula is C15H22BrNO4. The van der Waals surface area contributed by atoms with Crippen molar-refractivity contribution in [3.63, 3.8) is 0 Å². The van der Waals surface area contributed by atoms with Crippen LogP contribution in [0.4, 0.5) is 0 Å². The first-order valence-corrected chi connectivity index (χ1v) is 7.82. The Bertz CT molecular complexity index is 465. The number of benzene rings is 1. The molecule has 0 aromatic heterocycles. The lowest BCUT2D eigenvalue weighted by Gasteiger charge is -2.22. The normalized spacial score (nSPS) is 15.9. The molecule has 2 rings (SSSR count). The first-order valence-electron chi connectivity index (χ1n) is 7.02. The first kappa shape index (κ1) is 16.5. The quantitative estimate of drug-likeness (QED) is 0.791. The topological polar surface area (TPSA) is 49.0 Å². The van der Waals surface area contributed by atoms with Crippen molar-refractivity contribution >= 4 is 15.9 Å². The van der Waals surface area contributed by atoms with Crippen LogP contribution in [0.3, 0.4) is 0 Å². The number of rotatable bonds is 6. The van der Waals surface area contributed by atoms with Crippen molar-refractivity contribution in [2.45, 2.75) is 32.2 Å². The number of ether oxygens (including phenoxy) is 4. The number of fused-ring (bicyclic) bond motifs is 1. The Morgan fingerprint density at radius 1 is 1.24 bits per heavy atom. The zero-order valence-electron chi connectivity index (χ0n) is 12.6. The van der Waals surface area contributed by atoms with Gasteiger partial charge in [-0.05, 0) is 40.5 Å². The van der Waals surface area contributed by atoms with Gasteiger partial charge in [-0.2, -0.15) is 0 Å². The van der Waals surface area contributed by atoms with E-state index in [4.69, 9.17) is 18.9 Å². The zero-order chi connectivity index (χ0) is 15.2. The largest absolute Gasteiger partial charge is 0.490 e. The number of nitrogens with one attached hydrogen (secondary N) is 1. The number of hydrogen-bond acceptors (Lipinski definition) is 5. The predicted molar refractivity (Wildman–Crippen MR) is 83.9 cm³/mol. The molecule has 0 aliphatic carbocycles. The fraction of sp³-hybridized carbons (Fsp3) is 0.600. The Morgan fingerprint density at radius 2 is 1.95 bits per heavy atom. The van der Waals surface area contributed by atoms with E-state index in [-0.39, 0.29) is 12.3 Å². The van der Waals surface area contributed by atoms with Gasteiger partial charge in [0.2, 0.25) is 0 Å². The maximum absolute atomic E-state index is 5.73. The van der Waals surface area contributed by atoms with Crippen molar-refractivity contribution in [3.8, 4) is 11.5 Å². The minimum atomic E-state index is -0.270. The molecule has 1 N–H and O–H groups in total. The molecule has 1 unspecified atom stereocenters. The Kier molecular flexibility index (Phi) is 6.29. The second-order valence-corrected chi connectivity index (χ2v) is 5.82. The van der Waals surface area contributed by atoms with E-state index in [1.54, 1.807) is 14.2 Å². The molecule has 0 amide bonds. The molecule has 21 heavy (non-hydrogen) atoms. The number of hydrogen-bond donors (Lipinski definition) is 1. The van der Waals surface area contributed by atoms with E-state index < -0.39 is 0 Å². The number of methoxy groups -OCH3 is 2. The van der Waals surface area contributed by atoms with E-state index in [9.17, 15) is 0 Å². The third-order valence-corrected chi connectivity index (χ3v) is 3.95. The van der Waals surface area contributed by atoms with Crippen molar-refractivity contribution in [2.75, 3.05) is 27.4 Å². The molecule has 0 saturated heterocycles. The molecular weight excluding hydrogens is 338 g/mol. The van der Waals surface area contributed by atoms with Crippen LogP contribution < -0.4 is 14.8 Å². The molecule has 0 saturated carbocycles. The van der Waals surface area contributed by atoms with Gasteiger partial charge in [-0.25, -0.2) is 0 Å². The highest BCUT2D eigenvalue weighted by Crippen LogP contribution is 2.38. The molecule has 1 atom stereocenters. The van der Waals surface area contributed by atoms with Crippen molar-refractivity contribution in [1.82, 2.24) is 5.32 Å². The summed E-state index contributed by atoms with van der Waals surface area (Å²) in [6.07, 6.45) is 0.628. The van der Waals surface area contributed by atoms with Crippen molar-refractivity contribution in [1.29, 1.82) is 0 Å². The molecule has 1 aliphatic rings. The van der Waals surface area contributed by atoms with Crippen LogP contribution in [-0.4, -0.2) is 39.8 Å². The van der Waals surface area contributed by atoms with Crippen LogP contribution in [0.2, 0.25) is 0 Å². The van der Waals surface area contributed by atoms with Crippen LogP contribution in [-0.2, 0) is 16.0 Å². The van der Waals surface area contributed by atoms with E-state index in [1.165, 1.54) is 0 Å². The summed E-state index contributed by atoms with van der Waals surface area (Å²) in [6, 6.07) is 4.14. The highest BCUT2D eigenvalue weighted by atomic mass is 79.9. The van der Waals surface area contributed by atoms with Gasteiger partial charge in [0.25, 0.3) is 0 Å². The van der Waals surface area contributed by atoms with Gasteiger partial charge < -0.3 is 24.3 Å². The molecule has 118 valence electrons. The molecule has 0 radical (unpaired) electrons. The van der Waals surface area contributed by atoms with E-state index in [1.807, 2.05) is 19.1 Å². The summed E-state index contributed by atoms with van der Waals surface area (Å²) in [5, 5.41) is 3.38. The standard InChI is InChI=1S/C15H22BrNO4/c1-10(15(18-2)19-3)17-9-11-7-12(16)14-13(8-11)20-5-4-6-21-14/h7-8,10,15,17H,4-6,9H2,1-3H3. The molecule has 1 aromatic carbocycles. The van der Waals surface area contributed by atoms with Gasteiger partial charge >= 0.3 is 0 Å². The van der Waals surface area contributed by atoms with E-state index in [0.717, 1.165) is 28.0 Å². The summed E-state index contributed by atoms with van der Waals surface area (Å²) in [6.45, 7) is 4.08. The third kappa shape index (κ3) is 4.32. The van der Waals surface area contributed by atoms with Gasteiger partial charge in [-0.3, -0.25) is 0 Å². The Morgan fingerprint density at radius 3 is 2.67 bits per heavy atom. The van der Waals surface area contributed by atoms with E-state index in [2.05, 4.69) is 21.2 Å². The minimum Gasteiger partial charge on any atom is -0.490 e. The summed E-state index contributed by atoms with van der Waals surface area (Å²) >= 11 is 3.55. The highest BCUT2D eigenvalue weighted by molar-refractivity contribution is 9.10. The summed E-state index contributed by atoms with van der Waals surface area (Å²) < 4.78 is 22.8. The van der Waals surface area contributed by atoms with Gasteiger partial charge in [-0.1, -0.05) is 0 Å². The minimum absolute atomic E-state index is 0.0785. The van der Waals surface area contributed by atoms with Gasteiger partial charge in [0.05, 0.1) is 23.7 Å². The molecule has 0 fully saturated rings. The monoisotopic (exact) mass is 359 g/mol. The van der Waals surface area contributed by atoms with Crippen LogP contribution in [0, 0.1) is 0 Å². The van der Waals surface area contributed by atoms with Crippen LogP contribution >= 0.6 is 15.9 Å². The van der Waals surface area contributed by atoms with E-state index in [0.29, 0.717) is 19.8 Å². The molecule has 5 nitrogen and oxygen atoms in total. The Balaban J connectivity index is 2.04. The third-order valence-electron chi connectivity index (χ3n) is 3.36. The SMILES string of the molecule is COC(OC)C(C)NCc1cc(Br)c2c(c1)OCCCO2. The molecule has 1 aliphatic heterocycles. The van der Waals surface area contributed by atoms with E-state index >= 15 is 0 Å². The Hall–Kier alpha value is -0.820. The summed E-state index contributed by atoms with van der Waals surface area (Å²) in [5.41, 5.74) is 1.11. The average molecular weight is 360 g/mol. The Labute approximate surface area is 134 Å². The van der Waals surface area contributed by atoms with Crippen LogP contribution in [0.5, 0.6) is 11.5 Å². The summed E-state index contributed by atoms with van der Waals surface area (Å²) in [4.78, 5) is 0. The molecule has 0 bridgehead atoms. The maximum atomic E-state index is 5.73. The van der Waals surface area contributed by atoms with Gasteiger partial charge in [0.1, 0.15) is 0 Å². The molecule has 1 heterocycles. The van der Waals surface area contributed by atoms with Crippen molar-refractivity contribution in [2.24, 2.45) is 0 Å². The molecule has 1 aromatic rings. The maximum Gasteiger partial charge on any atom is 0.175 e. The summed E-state index contributed by atoms with van der Waals surface area (Å²) in [5.74, 6) is 1.58. The highest BCUT2D eigenvalue weighted by Gasteiger charge is 2.17. The predicted octanol–water partition coefficient (Wildman–Crippen LogP) is 2.71. The lowest BCUT2D eigenvalue weighted by atomic mass is 10.2. The average Bonchev–Trinajstić information content (AvgIpc) is 2.72. The first-order chi connectivity index (χ1) is 10.2. The number of halogens is 1. The van der Waals surface area contributed by atoms with Crippen molar-refractivity contribution < 1.29 is 18.9 Å². The smallest absolute Gasteiger partial charge is 0.175 e. The second kappa shape index (κ2) is 7.98. The van der Waals surface area contributed by atoms with Crippen LogP contribution in [0.25, 0.3) is 0 Å². The van der Waals surface area contributed by atoms with Crippen LogP contribution in [0.15, 0.2) is 16.6 Å². The zero-order valence-corrected chi connectivity index (χ0v) is 14.2.